The molecular formula is C8H15N3O. The number of rotatable bonds is 1. The van der Waals surface area contributed by atoms with E-state index in [1.54, 1.807) is 0 Å². The first-order chi connectivity index (χ1) is 5.63. The Kier molecular flexibility index (Phi) is 1.63. The zero-order valence-electron chi connectivity index (χ0n) is 7.12. The summed E-state index contributed by atoms with van der Waals surface area (Å²) < 4.78 is 0. The molecule has 4 heteroatoms. The van der Waals surface area contributed by atoms with Crippen LogP contribution in [0.1, 0.15) is 12.8 Å². The van der Waals surface area contributed by atoms with Crippen molar-refractivity contribution >= 4 is 5.91 Å². The van der Waals surface area contributed by atoms with E-state index in [0.717, 1.165) is 25.9 Å². The summed E-state index contributed by atoms with van der Waals surface area (Å²) in [5, 5.41) is 0. The van der Waals surface area contributed by atoms with E-state index in [1.165, 1.54) is 0 Å². The van der Waals surface area contributed by atoms with E-state index in [9.17, 15) is 4.79 Å². The van der Waals surface area contributed by atoms with E-state index in [0.29, 0.717) is 12.5 Å². The topological polar surface area (TPSA) is 72.3 Å². The van der Waals surface area contributed by atoms with Crippen LogP contribution in [-0.2, 0) is 4.79 Å². The fraction of sp³-hybridized carbons (Fsp3) is 0.875. The first-order valence-corrected chi connectivity index (χ1v) is 4.44. The summed E-state index contributed by atoms with van der Waals surface area (Å²) in [6.07, 6.45) is 2.05. The SMILES string of the molecule is NC(=O)[C@]1(N)CN2CCC1CC2. The zero-order chi connectivity index (χ0) is 8.77. The lowest BCUT2D eigenvalue weighted by molar-refractivity contribution is -0.130. The minimum absolute atomic E-state index is 0.319. The van der Waals surface area contributed by atoms with Gasteiger partial charge in [0.05, 0.1) is 0 Å². The van der Waals surface area contributed by atoms with Crippen LogP contribution in [0.25, 0.3) is 0 Å². The molecule has 0 aromatic heterocycles. The van der Waals surface area contributed by atoms with Crippen LogP contribution in [-0.4, -0.2) is 36.0 Å². The number of nitrogens with two attached hydrogens (primary N) is 2. The number of piperidine rings is 3. The van der Waals surface area contributed by atoms with Gasteiger partial charge < -0.3 is 16.4 Å². The fourth-order valence-corrected chi connectivity index (χ4v) is 2.38. The van der Waals surface area contributed by atoms with Crippen LogP contribution < -0.4 is 11.5 Å². The van der Waals surface area contributed by atoms with Gasteiger partial charge in [-0.3, -0.25) is 4.79 Å². The van der Waals surface area contributed by atoms with Gasteiger partial charge in [0.1, 0.15) is 5.54 Å². The molecule has 0 aromatic rings. The predicted molar refractivity (Wildman–Crippen MR) is 45.3 cm³/mol. The molecular weight excluding hydrogens is 154 g/mol. The van der Waals surface area contributed by atoms with Crippen LogP contribution >= 0.6 is 0 Å². The van der Waals surface area contributed by atoms with E-state index in [1.807, 2.05) is 0 Å². The van der Waals surface area contributed by atoms with E-state index in [2.05, 4.69) is 4.90 Å². The summed E-state index contributed by atoms with van der Waals surface area (Å²) in [6.45, 7) is 2.82. The summed E-state index contributed by atoms with van der Waals surface area (Å²) in [5.74, 6) is -0.0168. The van der Waals surface area contributed by atoms with Gasteiger partial charge in [-0.1, -0.05) is 0 Å². The van der Waals surface area contributed by atoms with Crippen molar-refractivity contribution in [2.24, 2.45) is 17.4 Å². The van der Waals surface area contributed by atoms with Gasteiger partial charge in [0.25, 0.3) is 0 Å². The van der Waals surface area contributed by atoms with E-state index < -0.39 is 5.54 Å². The van der Waals surface area contributed by atoms with Crippen molar-refractivity contribution in [3.8, 4) is 0 Å². The van der Waals surface area contributed by atoms with Crippen molar-refractivity contribution in [3.63, 3.8) is 0 Å². The largest absolute Gasteiger partial charge is 0.368 e. The van der Waals surface area contributed by atoms with Gasteiger partial charge in [-0.15, -0.1) is 0 Å². The molecule has 2 bridgehead atoms. The van der Waals surface area contributed by atoms with Crippen LogP contribution in [0.4, 0.5) is 0 Å². The summed E-state index contributed by atoms with van der Waals surface area (Å²) in [4.78, 5) is 13.4. The molecule has 3 rings (SSSR count). The molecule has 3 aliphatic heterocycles. The van der Waals surface area contributed by atoms with Gasteiger partial charge in [0.15, 0.2) is 0 Å². The van der Waals surface area contributed by atoms with Gasteiger partial charge in [-0.2, -0.15) is 0 Å². The van der Waals surface area contributed by atoms with Crippen LogP contribution in [0.2, 0.25) is 0 Å². The van der Waals surface area contributed by atoms with Crippen molar-refractivity contribution in [1.82, 2.24) is 4.90 Å². The van der Waals surface area contributed by atoms with Crippen molar-refractivity contribution in [1.29, 1.82) is 0 Å². The molecule has 1 atom stereocenters. The predicted octanol–water partition coefficient (Wildman–Crippen LogP) is -1.11. The number of fused-ring (bicyclic) bond motifs is 3. The molecule has 4 nitrogen and oxygen atoms in total. The van der Waals surface area contributed by atoms with E-state index in [4.69, 9.17) is 11.5 Å². The summed E-state index contributed by atoms with van der Waals surface area (Å²) in [6, 6.07) is 0. The molecule has 0 spiro atoms. The quantitative estimate of drug-likeness (QED) is 0.523. The van der Waals surface area contributed by atoms with Crippen LogP contribution in [0.3, 0.4) is 0 Å². The van der Waals surface area contributed by atoms with Crippen LogP contribution in [0, 0.1) is 5.92 Å². The Balaban J connectivity index is 2.22. The summed E-state index contributed by atoms with van der Waals surface area (Å²) >= 11 is 0. The average molecular weight is 169 g/mol. The lowest BCUT2D eigenvalue weighted by atomic mass is 9.73. The molecule has 3 fully saturated rings. The normalized spacial score (nSPS) is 46.1. The second kappa shape index (κ2) is 2.44. The summed E-state index contributed by atoms with van der Waals surface area (Å²) in [5.41, 5.74) is 10.5. The van der Waals surface area contributed by atoms with Gasteiger partial charge in [-0.25, -0.2) is 0 Å². The highest BCUT2D eigenvalue weighted by atomic mass is 16.1. The lowest BCUT2D eigenvalue weighted by Gasteiger charge is -2.49. The average Bonchev–Trinajstić information content (AvgIpc) is 2.05. The highest BCUT2D eigenvalue weighted by Gasteiger charge is 2.47. The molecule has 3 heterocycles. The van der Waals surface area contributed by atoms with Crippen molar-refractivity contribution < 1.29 is 4.79 Å². The maximum atomic E-state index is 11.1. The Hall–Kier alpha value is -0.610. The Labute approximate surface area is 71.9 Å². The van der Waals surface area contributed by atoms with E-state index >= 15 is 0 Å². The Morgan fingerprint density at radius 1 is 1.42 bits per heavy atom. The third-order valence-electron chi connectivity index (χ3n) is 3.26. The first kappa shape index (κ1) is 8.01. The van der Waals surface area contributed by atoms with Crippen molar-refractivity contribution in [2.45, 2.75) is 18.4 Å². The number of primary amides is 1. The maximum absolute atomic E-state index is 11.1. The molecule has 0 aromatic carbocycles. The Morgan fingerprint density at radius 2 is 2.00 bits per heavy atom. The van der Waals surface area contributed by atoms with Gasteiger partial charge >= 0.3 is 0 Å². The second-order valence-corrected chi connectivity index (χ2v) is 3.96. The standard InChI is InChI=1S/C8H15N3O/c9-7(12)8(10)5-11-3-1-6(8)2-4-11/h6H,1-5,10H2,(H2,9,12)/t8-/m0/s1. The number of amides is 1. The monoisotopic (exact) mass is 169 g/mol. The molecule has 0 unspecified atom stereocenters. The number of carbonyl (C=O) groups excluding carboxylic acids is 1. The molecule has 0 saturated carbocycles. The molecule has 3 aliphatic rings. The second-order valence-electron chi connectivity index (χ2n) is 3.96. The molecule has 12 heavy (non-hydrogen) atoms. The smallest absolute Gasteiger partial charge is 0.239 e. The van der Waals surface area contributed by atoms with E-state index in [-0.39, 0.29) is 5.91 Å². The van der Waals surface area contributed by atoms with Gasteiger partial charge in [0.2, 0.25) is 5.91 Å². The molecule has 3 saturated heterocycles. The minimum atomic E-state index is -0.740. The maximum Gasteiger partial charge on any atom is 0.239 e. The number of hydrogen-bond donors (Lipinski definition) is 2. The highest BCUT2D eigenvalue weighted by Crippen LogP contribution is 2.33. The van der Waals surface area contributed by atoms with Gasteiger partial charge in [-0.05, 0) is 31.8 Å². The highest BCUT2D eigenvalue weighted by molar-refractivity contribution is 5.85. The van der Waals surface area contributed by atoms with Crippen LogP contribution in [0.15, 0.2) is 0 Å². The van der Waals surface area contributed by atoms with Crippen LogP contribution in [0.5, 0.6) is 0 Å². The Bertz CT molecular complexity index is 210. The lowest BCUT2D eigenvalue weighted by Crippen LogP contribution is -2.69. The molecule has 4 N–H and O–H groups in total. The third kappa shape index (κ3) is 0.949. The minimum Gasteiger partial charge on any atom is -0.368 e. The first-order valence-electron chi connectivity index (χ1n) is 4.44. The zero-order valence-corrected chi connectivity index (χ0v) is 7.12. The number of nitrogens with zero attached hydrogens (tertiary/aromatic N) is 1. The molecule has 1 amide bonds. The van der Waals surface area contributed by atoms with Crippen molar-refractivity contribution in [3.05, 3.63) is 0 Å². The third-order valence-corrected chi connectivity index (χ3v) is 3.26. The molecule has 0 aliphatic carbocycles. The fourth-order valence-electron chi connectivity index (χ4n) is 2.38. The van der Waals surface area contributed by atoms with Gasteiger partial charge in [0, 0.05) is 6.54 Å². The van der Waals surface area contributed by atoms with Crippen molar-refractivity contribution in [2.75, 3.05) is 19.6 Å². The number of hydrogen-bond acceptors (Lipinski definition) is 3. The number of carbonyl (C=O) groups is 1. The Morgan fingerprint density at radius 3 is 2.25 bits per heavy atom. The molecule has 0 radical (unpaired) electrons. The summed E-state index contributed by atoms with van der Waals surface area (Å²) in [7, 11) is 0. The molecule has 68 valence electrons.